The van der Waals surface area contributed by atoms with Gasteiger partial charge in [0.2, 0.25) is 5.91 Å². The third-order valence-electron chi connectivity index (χ3n) is 2.72. The van der Waals surface area contributed by atoms with E-state index in [9.17, 15) is 14.7 Å². The molecule has 19 heavy (non-hydrogen) atoms. The van der Waals surface area contributed by atoms with Crippen LogP contribution in [0.1, 0.15) is 24.9 Å². The topological polar surface area (TPSA) is 113 Å². The fourth-order valence-corrected chi connectivity index (χ4v) is 1.44. The summed E-state index contributed by atoms with van der Waals surface area (Å²) >= 11 is 0. The summed E-state index contributed by atoms with van der Waals surface area (Å²) in [5.74, 6) is -1.79. The van der Waals surface area contributed by atoms with Crippen molar-refractivity contribution in [3.05, 3.63) is 35.9 Å². The van der Waals surface area contributed by atoms with Crippen LogP contribution >= 0.6 is 0 Å². The summed E-state index contributed by atoms with van der Waals surface area (Å²) in [5, 5.41) is 20.5. The Morgan fingerprint density at radius 2 is 1.95 bits per heavy atom. The average Bonchev–Trinajstić information content (AvgIpc) is 2.37. The van der Waals surface area contributed by atoms with Crippen LogP contribution in [0, 0.1) is 0 Å². The predicted molar refractivity (Wildman–Crippen MR) is 69.3 cm³/mol. The second-order valence-electron chi connectivity index (χ2n) is 4.58. The molecular formula is C13H18N2O4. The molecule has 104 valence electrons. The van der Waals surface area contributed by atoms with Crippen molar-refractivity contribution >= 4 is 11.9 Å². The zero-order chi connectivity index (χ0) is 14.5. The van der Waals surface area contributed by atoms with Crippen LogP contribution in [0.2, 0.25) is 0 Å². The van der Waals surface area contributed by atoms with Gasteiger partial charge in [-0.15, -0.1) is 0 Å². The molecule has 2 atom stereocenters. The van der Waals surface area contributed by atoms with E-state index in [0.717, 1.165) is 12.5 Å². The first-order valence-electron chi connectivity index (χ1n) is 5.86. The molecule has 6 heteroatoms. The van der Waals surface area contributed by atoms with E-state index >= 15 is 0 Å². The maximum Gasteiger partial charge on any atom is 0.337 e. The number of carboxylic acids is 1. The van der Waals surface area contributed by atoms with E-state index in [1.807, 2.05) is 30.3 Å². The van der Waals surface area contributed by atoms with Crippen LogP contribution in [0.3, 0.4) is 0 Å². The molecule has 0 aliphatic rings. The molecule has 0 saturated heterocycles. The molecule has 0 aromatic heterocycles. The molecule has 2 unspecified atom stereocenters. The summed E-state index contributed by atoms with van der Waals surface area (Å²) in [7, 11) is 0. The number of carbonyl (C=O) groups excluding carboxylic acids is 1. The summed E-state index contributed by atoms with van der Waals surface area (Å²) in [6.07, 6.45) is 0.0275. The molecule has 0 aliphatic carbocycles. The molecule has 0 radical (unpaired) electrons. The Morgan fingerprint density at radius 1 is 1.37 bits per heavy atom. The summed E-state index contributed by atoms with van der Waals surface area (Å²) in [5.41, 5.74) is 4.70. The van der Waals surface area contributed by atoms with Gasteiger partial charge in [-0.1, -0.05) is 30.3 Å². The number of aliphatic hydroxyl groups is 1. The summed E-state index contributed by atoms with van der Waals surface area (Å²) in [6.45, 7) is 0.759. The van der Waals surface area contributed by atoms with Gasteiger partial charge in [0.25, 0.3) is 0 Å². The van der Waals surface area contributed by atoms with Crippen molar-refractivity contribution < 1.29 is 19.8 Å². The number of carbonyl (C=O) groups is 2. The van der Waals surface area contributed by atoms with Gasteiger partial charge in [0.1, 0.15) is 0 Å². The predicted octanol–water partition coefficient (Wildman–Crippen LogP) is 0.0283. The molecule has 1 rings (SSSR count). The molecule has 0 heterocycles. The Kier molecular flexibility index (Phi) is 5.02. The number of nitrogens with two attached hydrogens (primary N) is 1. The Bertz CT molecular complexity index is 445. The van der Waals surface area contributed by atoms with E-state index < -0.39 is 23.5 Å². The summed E-state index contributed by atoms with van der Waals surface area (Å²) in [4.78, 5) is 22.3. The number of nitrogens with one attached hydrogen (secondary N) is 1. The minimum absolute atomic E-state index is 0.0275. The summed E-state index contributed by atoms with van der Waals surface area (Å²) in [6, 6.07) is 8.65. The van der Waals surface area contributed by atoms with Crippen molar-refractivity contribution in [2.75, 3.05) is 6.54 Å². The van der Waals surface area contributed by atoms with E-state index in [4.69, 9.17) is 10.8 Å². The lowest BCUT2D eigenvalue weighted by atomic mass is 10.0. The minimum Gasteiger partial charge on any atom is -0.479 e. The lowest BCUT2D eigenvalue weighted by Crippen LogP contribution is -2.46. The first kappa shape index (κ1) is 15.1. The third-order valence-corrected chi connectivity index (χ3v) is 2.72. The first-order chi connectivity index (χ1) is 8.83. The highest BCUT2D eigenvalue weighted by atomic mass is 16.4. The fourth-order valence-electron chi connectivity index (χ4n) is 1.44. The molecule has 5 N–H and O–H groups in total. The number of amides is 1. The molecule has 6 nitrogen and oxygen atoms in total. The van der Waals surface area contributed by atoms with E-state index in [0.29, 0.717) is 0 Å². The van der Waals surface area contributed by atoms with Gasteiger partial charge in [0, 0.05) is 12.5 Å². The SMILES string of the molecule is CC(O)(CNC(=O)CC(N)c1ccccc1)C(=O)O. The maximum atomic E-state index is 11.6. The number of benzene rings is 1. The molecule has 0 saturated carbocycles. The van der Waals surface area contributed by atoms with Gasteiger partial charge in [-0.05, 0) is 12.5 Å². The van der Waals surface area contributed by atoms with Crippen LogP contribution in [0.25, 0.3) is 0 Å². The van der Waals surface area contributed by atoms with Crippen molar-refractivity contribution in [1.29, 1.82) is 0 Å². The quantitative estimate of drug-likeness (QED) is 0.580. The molecular weight excluding hydrogens is 248 g/mol. The van der Waals surface area contributed by atoms with Crippen molar-refractivity contribution in [3.63, 3.8) is 0 Å². The van der Waals surface area contributed by atoms with E-state index in [1.54, 1.807) is 0 Å². The van der Waals surface area contributed by atoms with Gasteiger partial charge in [-0.2, -0.15) is 0 Å². The lowest BCUT2D eigenvalue weighted by molar-refractivity contribution is -0.156. The average molecular weight is 266 g/mol. The van der Waals surface area contributed by atoms with Crippen LogP contribution < -0.4 is 11.1 Å². The second-order valence-corrected chi connectivity index (χ2v) is 4.58. The highest BCUT2D eigenvalue weighted by Gasteiger charge is 2.30. The number of aliphatic carboxylic acids is 1. The lowest BCUT2D eigenvalue weighted by Gasteiger charge is -2.19. The van der Waals surface area contributed by atoms with Crippen LogP contribution in [0.15, 0.2) is 30.3 Å². The number of carboxylic acid groups (broad SMARTS) is 1. The normalized spacial score (nSPS) is 15.3. The van der Waals surface area contributed by atoms with Gasteiger partial charge >= 0.3 is 5.97 Å². The van der Waals surface area contributed by atoms with Crippen LogP contribution in [-0.4, -0.2) is 34.2 Å². The van der Waals surface area contributed by atoms with Crippen molar-refractivity contribution in [2.45, 2.75) is 25.0 Å². The Balaban J connectivity index is 2.46. The van der Waals surface area contributed by atoms with E-state index in [1.165, 1.54) is 0 Å². The highest BCUT2D eigenvalue weighted by Crippen LogP contribution is 2.13. The van der Waals surface area contributed by atoms with Gasteiger partial charge in [-0.3, -0.25) is 4.79 Å². The Labute approximate surface area is 111 Å². The molecule has 1 aromatic carbocycles. The van der Waals surface area contributed by atoms with Crippen LogP contribution in [0.5, 0.6) is 0 Å². The third kappa shape index (κ3) is 4.69. The largest absolute Gasteiger partial charge is 0.479 e. The standard InChI is InChI=1S/C13H18N2O4/c1-13(19,12(17)18)8-15-11(16)7-10(14)9-5-3-2-4-6-9/h2-6,10,19H,7-8,14H2,1H3,(H,15,16)(H,17,18). The number of hydrogen-bond acceptors (Lipinski definition) is 4. The van der Waals surface area contributed by atoms with Gasteiger partial charge in [0.05, 0.1) is 6.54 Å². The molecule has 0 spiro atoms. The van der Waals surface area contributed by atoms with Crippen molar-refractivity contribution in [3.8, 4) is 0 Å². The number of rotatable bonds is 6. The van der Waals surface area contributed by atoms with Crippen molar-refractivity contribution in [2.24, 2.45) is 5.73 Å². The molecule has 0 fully saturated rings. The van der Waals surface area contributed by atoms with Gasteiger partial charge < -0.3 is 21.3 Å². The molecule has 0 bridgehead atoms. The van der Waals surface area contributed by atoms with Gasteiger partial charge in [0.15, 0.2) is 5.60 Å². The van der Waals surface area contributed by atoms with Crippen LogP contribution in [-0.2, 0) is 9.59 Å². The van der Waals surface area contributed by atoms with Crippen LogP contribution in [0.4, 0.5) is 0 Å². The fraction of sp³-hybridized carbons (Fsp3) is 0.385. The molecule has 1 amide bonds. The first-order valence-corrected chi connectivity index (χ1v) is 5.86. The zero-order valence-corrected chi connectivity index (χ0v) is 10.7. The van der Waals surface area contributed by atoms with E-state index in [-0.39, 0.29) is 13.0 Å². The smallest absolute Gasteiger partial charge is 0.337 e. The zero-order valence-electron chi connectivity index (χ0n) is 10.7. The molecule has 1 aromatic rings. The van der Waals surface area contributed by atoms with Gasteiger partial charge in [-0.25, -0.2) is 4.79 Å². The highest BCUT2D eigenvalue weighted by molar-refractivity contribution is 5.80. The summed E-state index contributed by atoms with van der Waals surface area (Å²) < 4.78 is 0. The Hall–Kier alpha value is -1.92. The van der Waals surface area contributed by atoms with Crippen molar-refractivity contribution in [1.82, 2.24) is 5.32 Å². The number of hydrogen-bond donors (Lipinski definition) is 4. The van der Waals surface area contributed by atoms with E-state index in [2.05, 4.69) is 5.32 Å². The molecule has 0 aliphatic heterocycles. The Morgan fingerprint density at radius 3 is 2.47 bits per heavy atom. The monoisotopic (exact) mass is 266 g/mol. The maximum absolute atomic E-state index is 11.6. The second kappa shape index (κ2) is 6.31. The minimum atomic E-state index is -1.98.